The number of anilines is 1. The van der Waals surface area contributed by atoms with Crippen LogP contribution in [0, 0.1) is 16.0 Å². The highest BCUT2D eigenvalue weighted by atomic mass is 79.9. The third kappa shape index (κ3) is 4.03. The predicted molar refractivity (Wildman–Crippen MR) is 135 cm³/mol. The molecule has 8 heteroatoms. The second-order valence-corrected chi connectivity index (χ2v) is 11.3. The van der Waals surface area contributed by atoms with Gasteiger partial charge in [-0.1, -0.05) is 51.8 Å². The number of nitro benzene ring substituents is 1. The second kappa shape index (κ2) is 8.90. The van der Waals surface area contributed by atoms with Crippen molar-refractivity contribution < 1.29 is 4.92 Å². The van der Waals surface area contributed by atoms with Gasteiger partial charge in [0.05, 0.1) is 21.2 Å². The van der Waals surface area contributed by atoms with Crippen molar-refractivity contribution in [3.8, 4) is 0 Å². The molecule has 2 aliphatic rings. The van der Waals surface area contributed by atoms with Crippen molar-refractivity contribution >= 4 is 62.3 Å². The van der Waals surface area contributed by atoms with Crippen molar-refractivity contribution in [2.24, 2.45) is 5.92 Å². The first-order valence-electron chi connectivity index (χ1n) is 10.3. The molecule has 1 N–H and O–H groups in total. The van der Waals surface area contributed by atoms with Crippen molar-refractivity contribution in [1.29, 1.82) is 0 Å². The van der Waals surface area contributed by atoms with E-state index in [0.29, 0.717) is 9.92 Å². The van der Waals surface area contributed by atoms with Gasteiger partial charge in [-0.05, 0) is 59.9 Å². The Bertz CT molecular complexity index is 1180. The minimum atomic E-state index is -0.321. The molecule has 0 amide bonds. The van der Waals surface area contributed by atoms with Gasteiger partial charge in [-0.3, -0.25) is 10.1 Å². The highest BCUT2D eigenvalue weighted by Crippen LogP contribution is 2.58. The van der Waals surface area contributed by atoms with Crippen LogP contribution in [0.5, 0.6) is 0 Å². The Morgan fingerprint density at radius 1 is 1.09 bits per heavy atom. The molecule has 4 nitrogen and oxygen atoms in total. The van der Waals surface area contributed by atoms with E-state index in [1.165, 1.54) is 17.3 Å². The fraction of sp³-hybridized carbons (Fsp3) is 0.250. The Kier molecular flexibility index (Phi) is 6.14. The van der Waals surface area contributed by atoms with Crippen LogP contribution in [0.1, 0.15) is 29.5 Å². The van der Waals surface area contributed by atoms with E-state index in [-0.39, 0.29) is 39.1 Å². The number of halogens is 3. The van der Waals surface area contributed by atoms with Crippen LogP contribution in [0.15, 0.2) is 76.1 Å². The Balaban J connectivity index is 1.53. The van der Waals surface area contributed by atoms with Crippen LogP contribution in [0.4, 0.5) is 11.4 Å². The summed E-state index contributed by atoms with van der Waals surface area (Å²) in [5.41, 5.74) is 3.57. The zero-order valence-electron chi connectivity index (χ0n) is 16.8. The molecule has 0 radical (unpaired) electrons. The van der Waals surface area contributed by atoms with E-state index in [0.717, 1.165) is 22.1 Å². The fourth-order valence-corrected chi connectivity index (χ4v) is 7.41. The summed E-state index contributed by atoms with van der Waals surface area (Å²) in [4.78, 5) is 11.9. The lowest BCUT2D eigenvalue weighted by molar-refractivity contribution is -0.387. The lowest BCUT2D eigenvalue weighted by Gasteiger charge is -2.38. The number of benzene rings is 3. The third-order valence-corrected chi connectivity index (χ3v) is 9.20. The molecule has 0 aromatic heterocycles. The lowest BCUT2D eigenvalue weighted by Crippen LogP contribution is -2.31. The Labute approximate surface area is 209 Å². The number of hydrogen-bond donors (Lipinski definition) is 1. The first kappa shape index (κ1) is 22.1. The number of rotatable bonds is 4. The fourth-order valence-electron chi connectivity index (χ4n) is 4.96. The van der Waals surface area contributed by atoms with Crippen LogP contribution in [0.25, 0.3) is 0 Å². The number of para-hydroxylation sites is 1. The maximum Gasteiger partial charge on any atom is 0.282 e. The molecule has 5 rings (SSSR count). The van der Waals surface area contributed by atoms with Gasteiger partial charge in [-0.25, -0.2) is 0 Å². The molecule has 1 saturated carbocycles. The first-order chi connectivity index (χ1) is 15.4. The molecular weight excluding hydrogens is 531 g/mol. The second-order valence-electron chi connectivity index (χ2n) is 8.16. The lowest BCUT2D eigenvalue weighted by atomic mass is 9.77. The molecule has 1 aliphatic heterocycles. The molecule has 1 heterocycles. The van der Waals surface area contributed by atoms with E-state index < -0.39 is 0 Å². The summed E-state index contributed by atoms with van der Waals surface area (Å²) in [5.74, 6) is 0.382. The van der Waals surface area contributed by atoms with Gasteiger partial charge >= 0.3 is 0 Å². The van der Waals surface area contributed by atoms with E-state index in [9.17, 15) is 10.1 Å². The van der Waals surface area contributed by atoms with Crippen LogP contribution in [-0.2, 0) is 0 Å². The number of thioether (sulfide) groups is 1. The van der Waals surface area contributed by atoms with Crippen LogP contribution >= 0.6 is 50.9 Å². The summed E-state index contributed by atoms with van der Waals surface area (Å²) < 4.78 is 1.01. The molecule has 164 valence electrons. The van der Waals surface area contributed by atoms with Crippen molar-refractivity contribution in [3.63, 3.8) is 0 Å². The molecule has 0 spiro atoms. The van der Waals surface area contributed by atoms with Gasteiger partial charge in [-0.15, -0.1) is 23.4 Å². The van der Waals surface area contributed by atoms with Crippen LogP contribution in [0.3, 0.4) is 0 Å². The molecule has 0 saturated heterocycles. The first-order valence-corrected chi connectivity index (χ1v) is 12.8. The maximum absolute atomic E-state index is 11.5. The number of alkyl halides is 1. The molecule has 3 aromatic carbocycles. The van der Waals surface area contributed by atoms with Crippen molar-refractivity contribution in [1.82, 2.24) is 0 Å². The van der Waals surface area contributed by atoms with Gasteiger partial charge < -0.3 is 5.32 Å². The SMILES string of the molecule is O=[N+]([O-])c1ccccc1S[C@H]1C[C@@H]2[C@H](c3cc(Br)ccc3N[C@H]2c2ccc(Cl)cc2)[C@@H]1Cl. The maximum atomic E-state index is 11.5. The van der Waals surface area contributed by atoms with Crippen LogP contribution in [-0.4, -0.2) is 15.6 Å². The van der Waals surface area contributed by atoms with Crippen LogP contribution < -0.4 is 5.32 Å². The number of nitro groups is 1. The Morgan fingerprint density at radius 2 is 1.84 bits per heavy atom. The zero-order valence-corrected chi connectivity index (χ0v) is 20.7. The number of nitrogens with one attached hydrogen (secondary N) is 1. The summed E-state index contributed by atoms with van der Waals surface area (Å²) in [6.07, 6.45) is 0.849. The average molecular weight is 550 g/mol. The van der Waals surface area contributed by atoms with E-state index in [1.807, 2.05) is 30.3 Å². The molecule has 0 bridgehead atoms. The summed E-state index contributed by atoms with van der Waals surface area (Å²) in [5, 5.41) is 15.9. The van der Waals surface area contributed by atoms with E-state index in [1.54, 1.807) is 12.1 Å². The van der Waals surface area contributed by atoms with Gasteiger partial charge in [0.1, 0.15) is 0 Å². The Hall–Kier alpha value is -1.73. The molecular formula is C24H19BrCl2N2O2S. The number of hydrogen-bond acceptors (Lipinski definition) is 4. The summed E-state index contributed by atoms with van der Waals surface area (Å²) in [6.45, 7) is 0. The molecule has 3 aromatic rings. The van der Waals surface area contributed by atoms with Gasteiger partial charge in [0.25, 0.3) is 5.69 Å². The highest BCUT2D eigenvalue weighted by Gasteiger charge is 2.50. The molecule has 0 unspecified atom stereocenters. The summed E-state index contributed by atoms with van der Waals surface area (Å²) >= 11 is 18.4. The van der Waals surface area contributed by atoms with E-state index in [4.69, 9.17) is 23.2 Å². The average Bonchev–Trinajstić information content (AvgIpc) is 3.10. The number of fused-ring (bicyclic) bond motifs is 3. The van der Waals surface area contributed by atoms with Gasteiger partial charge in [-0.2, -0.15) is 0 Å². The summed E-state index contributed by atoms with van der Waals surface area (Å²) in [7, 11) is 0. The molecule has 1 aliphatic carbocycles. The normalized spacial score (nSPS) is 26.2. The largest absolute Gasteiger partial charge is 0.378 e. The standard InChI is InChI=1S/C24H19BrCl2N2O2S/c25-14-7-10-18-16(11-14)22-17(24(28-18)13-5-8-15(26)9-6-13)12-21(23(22)27)32-20-4-2-1-3-19(20)29(30)31/h1-11,17,21-24,28H,12H2/t17-,21+,22+,23-,24+/m1/s1. The van der Waals surface area contributed by atoms with E-state index >= 15 is 0 Å². The minimum Gasteiger partial charge on any atom is -0.378 e. The van der Waals surface area contributed by atoms with Gasteiger partial charge in [0.2, 0.25) is 0 Å². The van der Waals surface area contributed by atoms with Gasteiger partial charge in [0, 0.05) is 32.4 Å². The summed E-state index contributed by atoms with van der Waals surface area (Å²) in [6, 6.07) is 21.2. The highest BCUT2D eigenvalue weighted by molar-refractivity contribution is 9.10. The van der Waals surface area contributed by atoms with E-state index in [2.05, 4.69) is 45.5 Å². The predicted octanol–water partition coefficient (Wildman–Crippen LogP) is 8.05. The van der Waals surface area contributed by atoms with Crippen molar-refractivity contribution in [2.75, 3.05) is 5.32 Å². The Morgan fingerprint density at radius 3 is 2.59 bits per heavy atom. The number of nitrogens with zero attached hydrogens (tertiary/aromatic N) is 1. The van der Waals surface area contributed by atoms with Crippen molar-refractivity contribution in [3.05, 3.63) is 97.5 Å². The minimum absolute atomic E-state index is 0.0503. The topological polar surface area (TPSA) is 55.2 Å². The smallest absolute Gasteiger partial charge is 0.282 e. The zero-order chi connectivity index (χ0) is 22.4. The van der Waals surface area contributed by atoms with Crippen molar-refractivity contribution in [2.45, 2.75) is 33.9 Å². The molecule has 5 atom stereocenters. The quantitative estimate of drug-likeness (QED) is 0.203. The molecule has 32 heavy (non-hydrogen) atoms. The third-order valence-electron chi connectivity index (χ3n) is 6.35. The molecule has 1 fully saturated rings. The monoisotopic (exact) mass is 548 g/mol. The van der Waals surface area contributed by atoms with Gasteiger partial charge in [0.15, 0.2) is 0 Å². The van der Waals surface area contributed by atoms with Crippen LogP contribution in [0.2, 0.25) is 5.02 Å².